The van der Waals surface area contributed by atoms with E-state index in [0.29, 0.717) is 22.8 Å². The van der Waals surface area contributed by atoms with E-state index in [1.807, 2.05) is 25.1 Å². The number of aryl methyl sites for hydroxylation is 1. The van der Waals surface area contributed by atoms with Gasteiger partial charge in [-0.15, -0.1) is 0 Å². The second-order valence-electron chi connectivity index (χ2n) is 6.35. The highest BCUT2D eigenvalue weighted by atomic mass is 16.5. The van der Waals surface area contributed by atoms with Crippen LogP contribution in [0.5, 0.6) is 17.2 Å². The van der Waals surface area contributed by atoms with Crippen LogP contribution in [0.2, 0.25) is 0 Å². The first-order chi connectivity index (χ1) is 13.5. The number of anilines is 1. The molecule has 1 unspecified atom stereocenters. The Bertz CT molecular complexity index is 991. The van der Waals surface area contributed by atoms with Crippen molar-refractivity contribution < 1.29 is 23.7 Å². The summed E-state index contributed by atoms with van der Waals surface area (Å²) in [6, 6.07) is 12.1. The highest BCUT2D eigenvalue weighted by molar-refractivity contribution is 5.81. The van der Waals surface area contributed by atoms with Gasteiger partial charge in [-0.3, -0.25) is 0 Å². The van der Waals surface area contributed by atoms with E-state index in [9.17, 15) is 9.90 Å². The standard InChI is InChI=1S/C21H23NO6/c1-13-6-21(24)28-20-10-16(4-5-19(13)20)27-12-15(23)11-22-14-7-17(25-2)9-18(8-14)26-3/h4-10,15,22-23H,11-12H2,1-3H3. The SMILES string of the molecule is COc1cc(NCC(O)COc2ccc3c(C)cc(=O)oc3c2)cc(OC)c1. The van der Waals surface area contributed by atoms with Gasteiger partial charge in [0.2, 0.25) is 0 Å². The first-order valence-electron chi connectivity index (χ1n) is 8.81. The van der Waals surface area contributed by atoms with Crippen LogP contribution in [0.1, 0.15) is 5.56 Å². The Hall–Kier alpha value is -3.19. The zero-order chi connectivity index (χ0) is 20.1. The predicted molar refractivity (Wildman–Crippen MR) is 107 cm³/mol. The van der Waals surface area contributed by atoms with Crippen molar-refractivity contribution >= 4 is 16.7 Å². The van der Waals surface area contributed by atoms with Crippen LogP contribution in [0.25, 0.3) is 11.0 Å². The Morgan fingerprint density at radius 2 is 1.75 bits per heavy atom. The number of fused-ring (bicyclic) bond motifs is 1. The quantitative estimate of drug-likeness (QED) is 0.576. The fourth-order valence-electron chi connectivity index (χ4n) is 2.79. The number of hydrogen-bond donors (Lipinski definition) is 2. The number of ether oxygens (including phenoxy) is 3. The van der Waals surface area contributed by atoms with E-state index in [1.165, 1.54) is 6.07 Å². The average Bonchev–Trinajstić information content (AvgIpc) is 2.69. The minimum atomic E-state index is -0.752. The zero-order valence-electron chi connectivity index (χ0n) is 16.0. The van der Waals surface area contributed by atoms with Gasteiger partial charge in [-0.25, -0.2) is 4.79 Å². The summed E-state index contributed by atoms with van der Waals surface area (Å²) in [7, 11) is 3.16. The molecule has 0 saturated carbocycles. The molecule has 7 heteroatoms. The Kier molecular flexibility index (Phi) is 6.06. The first kappa shape index (κ1) is 19.6. The van der Waals surface area contributed by atoms with Gasteiger partial charge in [0.1, 0.15) is 35.5 Å². The van der Waals surface area contributed by atoms with Crippen LogP contribution in [-0.2, 0) is 0 Å². The van der Waals surface area contributed by atoms with Gasteiger partial charge in [0.05, 0.1) is 14.2 Å². The summed E-state index contributed by atoms with van der Waals surface area (Å²) >= 11 is 0. The number of aliphatic hydroxyl groups excluding tert-OH is 1. The highest BCUT2D eigenvalue weighted by Crippen LogP contribution is 2.26. The highest BCUT2D eigenvalue weighted by Gasteiger charge is 2.09. The minimum absolute atomic E-state index is 0.0790. The molecular formula is C21H23NO6. The second kappa shape index (κ2) is 8.67. The number of rotatable bonds is 8. The summed E-state index contributed by atoms with van der Waals surface area (Å²) in [5.74, 6) is 1.82. The van der Waals surface area contributed by atoms with Crippen molar-refractivity contribution in [2.24, 2.45) is 0 Å². The Morgan fingerprint density at radius 1 is 1.04 bits per heavy atom. The van der Waals surface area contributed by atoms with Crippen molar-refractivity contribution in [3.63, 3.8) is 0 Å². The molecular weight excluding hydrogens is 362 g/mol. The van der Waals surface area contributed by atoms with E-state index in [1.54, 1.807) is 32.4 Å². The lowest BCUT2D eigenvalue weighted by molar-refractivity contribution is 0.117. The number of methoxy groups -OCH3 is 2. The normalized spacial score (nSPS) is 11.9. The molecule has 0 aliphatic carbocycles. The van der Waals surface area contributed by atoms with Gasteiger partial charge in [0.25, 0.3) is 0 Å². The summed E-state index contributed by atoms with van der Waals surface area (Å²) in [4.78, 5) is 11.5. The summed E-state index contributed by atoms with van der Waals surface area (Å²) in [5.41, 5.74) is 1.66. The monoisotopic (exact) mass is 385 g/mol. The summed E-state index contributed by atoms with van der Waals surface area (Å²) in [5, 5.41) is 14.2. The first-order valence-corrected chi connectivity index (χ1v) is 8.81. The van der Waals surface area contributed by atoms with Gasteiger partial charge >= 0.3 is 5.63 Å². The Morgan fingerprint density at radius 3 is 2.43 bits per heavy atom. The van der Waals surface area contributed by atoms with Gasteiger partial charge < -0.3 is 29.1 Å². The van der Waals surface area contributed by atoms with Crippen LogP contribution < -0.4 is 25.2 Å². The molecule has 0 aliphatic heterocycles. The molecule has 7 nitrogen and oxygen atoms in total. The van der Waals surface area contributed by atoms with Crippen molar-refractivity contribution in [2.75, 3.05) is 32.7 Å². The lowest BCUT2D eigenvalue weighted by Gasteiger charge is -2.15. The third kappa shape index (κ3) is 4.75. The molecule has 0 bridgehead atoms. The van der Waals surface area contributed by atoms with Crippen LogP contribution in [-0.4, -0.2) is 38.6 Å². The van der Waals surface area contributed by atoms with Crippen molar-refractivity contribution in [1.29, 1.82) is 0 Å². The number of nitrogens with one attached hydrogen (secondary N) is 1. The molecule has 3 rings (SSSR count). The molecule has 2 aromatic carbocycles. The van der Waals surface area contributed by atoms with Crippen LogP contribution in [0.3, 0.4) is 0 Å². The number of aliphatic hydroxyl groups is 1. The van der Waals surface area contributed by atoms with E-state index in [4.69, 9.17) is 18.6 Å². The van der Waals surface area contributed by atoms with Gasteiger partial charge in [-0.05, 0) is 24.6 Å². The number of benzene rings is 2. The maximum Gasteiger partial charge on any atom is 0.336 e. The fourth-order valence-corrected chi connectivity index (χ4v) is 2.79. The molecule has 0 fully saturated rings. The fraction of sp³-hybridized carbons (Fsp3) is 0.286. The lowest BCUT2D eigenvalue weighted by Crippen LogP contribution is -2.26. The van der Waals surface area contributed by atoms with Gasteiger partial charge in [-0.1, -0.05) is 0 Å². The molecule has 0 amide bonds. The van der Waals surface area contributed by atoms with Crippen molar-refractivity contribution in [2.45, 2.75) is 13.0 Å². The second-order valence-corrected chi connectivity index (χ2v) is 6.35. The van der Waals surface area contributed by atoms with E-state index < -0.39 is 11.7 Å². The minimum Gasteiger partial charge on any atom is -0.497 e. The number of hydrogen-bond acceptors (Lipinski definition) is 7. The van der Waals surface area contributed by atoms with E-state index in [0.717, 1.165) is 16.6 Å². The predicted octanol–water partition coefficient (Wildman–Crippen LogP) is 2.97. The third-order valence-electron chi connectivity index (χ3n) is 4.26. The molecule has 1 aromatic heterocycles. The molecule has 0 spiro atoms. The van der Waals surface area contributed by atoms with Crippen molar-refractivity contribution in [1.82, 2.24) is 0 Å². The molecule has 0 saturated heterocycles. The Labute approximate surface area is 162 Å². The largest absolute Gasteiger partial charge is 0.497 e. The summed E-state index contributed by atoms with van der Waals surface area (Å²) in [6.45, 7) is 2.20. The third-order valence-corrected chi connectivity index (χ3v) is 4.26. The van der Waals surface area contributed by atoms with Crippen LogP contribution in [0, 0.1) is 6.92 Å². The smallest absolute Gasteiger partial charge is 0.336 e. The summed E-state index contributed by atoms with van der Waals surface area (Å²) < 4.78 is 21.3. The van der Waals surface area contributed by atoms with Crippen LogP contribution >= 0.6 is 0 Å². The molecule has 1 atom stereocenters. The summed E-state index contributed by atoms with van der Waals surface area (Å²) in [6.07, 6.45) is -0.752. The maximum atomic E-state index is 11.5. The van der Waals surface area contributed by atoms with Crippen molar-refractivity contribution in [3.05, 3.63) is 58.4 Å². The molecule has 0 radical (unpaired) electrons. The maximum absolute atomic E-state index is 11.5. The van der Waals surface area contributed by atoms with E-state index in [2.05, 4.69) is 5.32 Å². The molecule has 0 aliphatic rings. The van der Waals surface area contributed by atoms with E-state index in [-0.39, 0.29) is 13.2 Å². The van der Waals surface area contributed by atoms with Crippen molar-refractivity contribution in [3.8, 4) is 17.2 Å². The van der Waals surface area contributed by atoms with Crippen LogP contribution in [0.4, 0.5) is 5.69 Å². The Balaban J connectivity index is 1.59. The topological polar surface area (TPSA) is 90.2 Å². The van der Waals surface area contributed by atoms with Gasteiger partial charge in [0.15, 0.2) is 0 Å². The van der Waals surface area contributed by atoms with E-state index >= 15 is 0 Å². The molecule has 28 heavy (non-hydrogen) atoms. The molecule has 1 heterocycles. The average molecular weight is 385 g/mol. The van der Waals surface area contributed by atoms with Gasteiger partial charge in [0, 0.05) is 48.0 Å². The molecule has 148 valence electrons. The molecule has 3 aromatic rings. The zero-order valence-corrected chi connectivity index (χ0v) is 16.0. The lowest BCUT2D eigenvalue weighted by atomic mass is 10.1. The molecule has 2 N–H and O–H groups in total. The van der Waals surface area contributed by atoms with Crippen LogP contribution in [0.15, 0.2) is 51.7 Å². The van der Waals surface area contributed by atoms with Gasteiger partial charge in [-0.2, -0.15) is 0 Å².